The summed E-state index contributed by atoms with van der Waals surface area (Å²) in [5.41, 5.74) is 5.39. The van der Waals surface area contributed by atoms with E-state index in [1.165, 1.54) is 21.4 Å². The van der Waals surface area contributed by atoms with E-state index in [9.17, 15) is 4.79 Å². The van der Waals surface area contributed by atoms with Crippen molar-refractivity contribution in [3.05, 3.63) is 48.2 Å². The van der Waals surface area contributed by atoms with Gasteiger partial charge in [-0.3, -0.25) is 4.79 Å². The number of carbonyl (C=O) groups is 1. The molecule has 3 aromatic rings. The van der Waals surface area contributed by atoms with Gasteiger partial charge < -0.3 is 14.2 Å². The fourth-order valence-electron chi connectivity index (χ4n) is 2.98. The van der Waals surface area contributed by atoms with Crippen LogP contribution in [-0.4, -0.2) is 25.1 Å². The van der Waals surface area contributed by atoms with Crippen LogP contribution in [0.2, 0.25) is 0 Å². The third-order valence-electron chi connectivity index (χ3n) is 4.28. The largest absolute Gasteiger partial charge is 0.495 e. The Morgan fingerprint density at radius 2 is 1.96 bits per heavy atom. The molecule has 1 amide bonds. The van der Waals surface area contributed by atoms with Crippen LogP contribution in [0.5, 0.6) is 5.75 Å². The second kappa shape index (κ2) is 5.80. The first-order valence-electron chi connectivity index (χ1n) is 7.48. The van der Waals surface area contributed by atoms with Crippen LogP contribution in [0, 0.1) is 6.92 Å². The van der Waals surface area contributed by atoms with E-state index in [4.69, 9.17) is 4.74 Å². The number of amides is 1. The molecule has 0 spiro atoms. The van der Waals surface area contributed by atoms with Crippen molar-refractivity contribution in [3.63, 3.8) is 0 Å². The maximum atomic E-state index is 11.2. The van der Waals surface area contributed by atoms with Crippen molar-refractivity contribution in [3.8, 4) is 16.9 Å². The normalized spacial score (nSPS) is 10.8. The minimum atomic E-state index is 0.679. The van der Waals surface area contributed by atoms with Crippen molar-refractivity contribution in [2.24, 2.45) is 7.05 Å². The number of nitrogens with zero attached hydrogens (tertiary/aromatic N) is 2. The predicted molar refractivity (Wildman–Crippen MR) is 94.1 cm³/mol. The van der Waals surface area contributed by atoms with Crippen LogP contribution >= 0.6 is 0 Å². The lowest BCUT2D eigenvalue weighted by molar-refractivity contribution is -0.107. The van der Waals surface area contributed by atoms with Gasteiger partial charge in [-0.25, -0.2) is 0 Å². The second-order valence-corrected chi connectivity index (χ2v) is 5.72. The summed E-state index contributed by atoms with van der Waals surface area (Å²) < 4.78 is 7.50. The van der Waals surface area contributed by atoms with Crippen molar-refractivity contribution in [2.75, 3.05) is 19.1 Å². The Balaban J connectivity index is 2.25. The van der Waals surface area contributed by atoms with E-state index in [1.807, 2.05) is 25.2 Å². The lowest BCUT2D eigenvalue weighted by atomic mass is 9.99. The molecule has 0 aliphatic carbocycles. The van der Waals surface area contributed by atoms with Gasteiger partial charge in [0, 0.05) is 31.2 Å². The summed E-state index contributed by atoms with van der Waals surface area (Å²) in [6.45, 7) is 2.12. The van der Waals surface area contributed by atoms with Crippen LogP contribution in [0.15, 0.2) is 42.6 Å². The molecule has 0 fully saturated rings. The highest BCUT2D eigenvalue weighted by molar-refractivity contribution is 5.97. The van der Waals surface area contributed by atoms with E-state index in [-0.39, 0.29) is 0 Å². The zero-order chi connectivity index (χ0) is 16.6. The topological polar surface area (TPSA) is 34.5 Å². The number of hydrogen-bond donors (Lipinski definition) is 0. The molecule has 3 rings (SSSR count). The average Bonchev–Trinajstić information content (AvgIpc) is 2.97. The zero-order valence-corrected chi connectivity index (χ0v) is 13.8. The van der Waals surface area contributed by atoms with Gasteiger partial charge in [0.15, 0.2) is 0 Å². The van der Waals surface area contributed by atoms with Gasteiger partial charge in [0.1, 0.15) is 5.75 Å². The Bertz CT molecular complexity index is 880. The molecular formula is C19H20N2O2. The van der Waals surface area contributed by atoms with E-state index < -0.39 is 0 Å². The number of methoxy groups -OCH3 is 1. The number of hydrogen-bond acceptors (Lipinski definition) is 2. The minimum Gasteiger partial charge on any atom is -0.495 e. The van der Waals surface area contributed by atoms with Crippen LogP contribution in [0.3, 0.4) is 0 Å². The molecule has 0 atom stereocenters. The number of benzene rings is 2. The first kappa shape index (κ1) is 15.2. The zero-order valence-electron chi connectivity index (χ0n) is 13.8. The number of aromatic nitrogens is 1. The summed E-state index contributed by atoms with van der Waals surface area (Å²) in [6.07, 6.45) is 2.86. The van der Waals surface area contributed by atoms with Gasteiger partial charge in [-0.2, -0.15) is 0 Å². The van der Waals surface area contributed by atoms with E-state index in [0.717, 1.165) is 23.2 Å². The van der Waals surface area contributed by atoms with Gasteiger partial charge in [-0.15, -0.1) is 0 Å². The summed E-state index contributed by atoms with van der Waals surface area (Å²) >= 11 is 0. The molecule has 0 unspecified atom stereocenters. The van der Waals surface area contributed by atoms with Gasteiger partial charge in [0.25, 0.3) is 0 Å². The summed E-state index contributed by atoms with van der Waals surface area (Å²) in [7, 11) is 5.38. The van der Waals surface area contributed by atoms with Gasteiger partial charge in [-0.1, -0.05) is 18.2 Å². The molecule has 0 radical (unpaired) electrons. The molecule has 0 saturated heterocycles. The van der Waals surface area contributed by atoms with Gasteiger partial charge in [0.05, 0.1) is 18.3 Å². The molecule has 2 aromatic carbocycles. The van der Waals surface area contributed by atoms with Crippen LogP contribution in [-0.2, 0) is 11.8 Å². The van der Waals surface area contributed by atoms with Crippen molar-refractivity contribution in [1.29, 1.82) is 0 Å². The third kappa shape index (κ3) is 2.46. The molecule has 4 heteroatoms. The van der Waals surface area contributed by atoms with E-state index in [2.05, 4.69) is 35.9 Å². The highest BCUT2D eigenvalue weighted by atomic mass is 16.5. The van der Waals surface area contributed by atoms with Crippen molar-refractivity contribution in [2.45, 2.75) is 6.92 Å². The number of carbonyl (C=O) groups excluding carboxylic acids is 1. The average molecular weight is 308 g/mol. The molecule has 4 nitrogen and oxygen atoms in total. The molecule has 1 heterocycles. The van der Waals surface area contributed by atoms with Crippen LogP contribution < -0.4 is 9.64 Å². The van der Waals surface area contributed by atoms with Crippen molar-refractivity contribution in [1.82, 2.24) is 4.57 Å². The third-order valence-corrected chi connectivity index (χ3v) is 4.28. The molecule has 0 aliphatic rings. The number of fused-ring (bicyclic) bond motifs is 1. The number of anilines is 1. The SMILES string of the molecule is COc1ccc(-c2ccc(C)c3ccn(C)c23)cc1N(C)C=O. The summed E-state index contributed by atoms with van der Waals surface area (Å²) in [5, 5.41) is 1.24. The monoisotopic (exact) mass is 308 g/mol. The first-order chi connectivity index (χ1) is 11.1. The molecule has 0 saturated carbocycles. The fraction of sp³-hybridized carbons (Fsp3) is 0.211. The smallest absolute Gasteiger partial charge is 0.213 e. The standard InChI is InChI=1S/C19H20N2O2/c1-13-5-7-16(19-15(13)9-10-20(19)2)14-6-8-18(23-4)17(11-14)21(3)12-22/h5-12H,1-4H3. The molecule has 0 bridgehead atoms. The van der Waals surface area contributed by atoms with Gasteiger partial charge in [0.2, 0.25) is 6.41 Å². The minimum absolute atomic E-state index is 0.679. The molecule has 0 N–H and O–H groups in total. The van der Waals surface area contributed by atoms with Crippen LogP contribution in [0.4, 0.5) is 5.69 Å². The van der Waals surface area contributed by atoms with Crippen LogP contribution in [0.1, 0.15) is 5.56 Å². The Kier molecular flexibility index (Phi) is 3.82. The summed E-state index contributed by atoms with van der Waals surface area (Å²) in [6, 6.07) is 12.3. The lowest BCUT2D eigenvalue weighted by Gasteiger charge is -2.17. The van der Waals surface area contributed by atoms with Gasteiger partial charge in [-0.05, 0) is 36.2 Å². The number of rotatable bonds is 4. The van der Waals surface area contributed by atoms with E-state index >= 15 is 0 Å². The quantitative estimate of drug-likeness (QED) is 0.688. The summed E-state index contributed by atoms with van der Waals surface area (Å²) in [5.74, 6) is 0.679. The maximum absolute atomic E-state index is 11.2. The lowest BCUT2D eigenvalue weighted by Crippen LogP contribution is -2.14. The summed E-state index contributed by atoms with van der Waals surface area (Å²) in [4.78, 5) is 12.7. The predicted octanol–water partition coefficient (Wildman–Crippen LogP) is 3.75. The highest BCUT2D eigenvalue weighted by Crippen LogP contribution is 2.36. The number of aryl methyl sites for hydroxylation is 2. The van der Waals surface area contributed by atoms with Crippen molar-refractivity contribution >= 4 is 23.0 Å². The fourth-order valence-corrected chi connectivity index (χ4v) is 2.98. The molecule has 118 valence electrons. The van der Waals surface area contributed by atoms with Crippen LogP contribution in [0.25, 0.3) is 22.0 Å². The Hall–Kier alpha value is -2.75. The highest BCUT2D eigenvalue weighted by Gasteiger charge is 2.13. The van der Waals surface area contributed by atoms with E-state index in [0.29, 0.717) is 5.75 Å². The molecule has 23 heavy (non-hydrogen) atoms. The molecule has 1 aromatic heterocycles. The van der Waals surface area contributed by atoms with E-state index in [1.54, 1.807) is 14.2 Å². The Labute approximate surface area is 135 Å². The first-order valence-corrected chi connectivity index (χ1v) is 7.48. The second-order valence-electron chi connectivity index (χ2n) is 5.72. The molecular weight excluding hydrogens is 288 g/mol. The van der Waals surface area contributed by atoms with Crippen molar-refractivity contribution < 1.29 is 9.53 Å². The Morgan fingerprint density at radius 1 is 1.17 bits per heavy atom. The Morgan fingerprint density at radius 3 is 2.65 bits per heavy atom. The van der Waals surface area contributed by atoms with Gasteiger partial charge >= 0.3 is 0 Å². The molecule has 0 aliphatic heterocycles. The maximum Gasteiger partial charge on any atom is 0.213 e. The number of ether oxygens (including phenoxy) is 1.